The topological polar surface area (TPSA) is 51.8 Å². The predicted molar refractivity (Wildman–Crippen MR) is 55.4 cm³/mol. The number of rotatable bonds is 2. The maximum atomic E-state index is 5.63. The molecule has 0 unspecified atom stereocenters. The van der Waals surface area contributed by atoms with E-state index in [2.05, 4.69) is 9.97 Å². The minimum atomic E-state index is 0.498. The van der Waals surface area contributed by atoms with Crippen molar-refractivity contribution in [2.45, 2.75) is 6.54 Å². The maximum Gasteiger partial charge on any atom is 0.0762 e. The van der Waals surface area contributed by atoms with Gasteiger partial charge in [-0.15, -0.1) is 0 Å². The third kappa shape index (κ3) is 1.63. The molecule has 0 fully saturated rings. The Morgan fingerprint density at radius 3 is 2.71 bits per heavy atom. The zero-order valence-electron chi connectivity index (χ0n) is 7.72. The van der Waals surface area contributed by atoms with Crippen molar-refractivity contribution in [3.8, 4) is 11.3 Å². The smallest absolute Gasteiger partial charge is 0.0762 e. The van der Waals surface area contributed by atoms with E-state index in [0.717, 1.165) is 16.8 Å². The summed E-state index contributed by atoms with van der Waals surface area (Å²) in [5.74, 6) is 0. The molecule has 70 valence electrons. The molecule has 0 saturated heterocycles. The van der Waals surface area contributed by atoms with Crippen LogP contribution in [0.5, 0.6) is 0 Å². The van der Waals surface area contributed by atoms with Crippen molar-refractivity contribution in [2.75, 3.05) is 0 Å². The van der Waals surface area contributed by atoms with Gasteiger partial charge in [-0.3, -0.25) is 9.97 Å². The summed E-state index contributed by atoms with van der Waals surface area (Å²) < 4.78 is 0. The Bertz CT molecular complexity index is 412. The van der Waals surface area contributed by atoms with E-state index in [0.29, 0.717) is 6.54 Å². The van der Waals surface area contributed by atoms with Crippen LogP contribution in [0.3, 0.4) is 0 Å². The molecule has 0 bridgehead atoms. The van der Waals surface area contributed by atoms with Crippen molar-refractivity contribution in [1.29, 1.82) is 0 Å². The van der Waals surface area contributed by atoms with Crippen LogP contribution in [0.25, 0.3) is 11.3 Å². The highest BCUT2D eigenvalue weighted by Gasteiger charge is 2.03. The number of hydrogen-bond acceptors (Lipinski definition) is 3. The molecule has 0 aliphatic heterocycles. The molecule has 0 aliphatic carbocycles. The summed E-state index contributed by atoms with van der Waals surface area (Å²) in [5.41, 5.74) is 8.60. The normalized spacial score (nSPS) is 10.1. The molecule has 14 heavy (non-hydrogen) atoms. The molecule has 3 heteroatoms. The second-order valence-corrected chi connectivity index (χ2v) is 2.96. The van der Waals surface area contributed by atoms with E-state index in [1.165, 1.54) is 0 Å². The number of nitrogens with two attached hydrogens (primary N) is 1. The molecule has 0 amide bonds. The molecule has 0 atom stereocenters. The monoisotopic (exact) mass is 185 g/mol. The molecule has 2 aromatic rings. The lowest BCUT2D eigenvalue weighted by Crippen LogP contribution is -2.00. The lowest BCUT2D eigenvalue weighted by Gasteiger charge is -2.04. The van der Waals surface area contributed by atoms with Crippen molar-refractivity contribution < 1.29 is 0 Å². The molecular formula is C11H11N3. The Hall–Kier alpha value is -1.74. The van der Waals surface area contributed by atoms with Gasteiger partial charge in [0, 0.05) is 30.7 Å². The van der Waals surface area contributed by atoms with E-state index in [9.17, 15) is 0 Å². The second kappa shape index (κ2) is 3.98. The van der Waals surface area contributed by atoms with E-state index < -0.39 is 0 Å². The molecule has 0 radical (unpaired) electrons. The molecule has 2 heterocycles. The second-order valence-electron chi connectivity index (χ2n) is 2.96. The minimum Gasteiger partial charge on any atom is -0.326 e. The van der Waals surface area contributed by atoms with Crippen molar-refractivity contribution in [1.82, 2.24) is 9.97 Å². The highest BCUT2D eigenvalue weighted by atomic mass is 14.7. The third-order valence-electron chi connectivity index (χ3n) is 2.05. The number of pyridine rings is 2. The summed E-state index contributed by atoms with van der Waals surface area (Å²) in [6.45, 7) is 0.498. The SMILES string of the molecule is NCc1cccnc1-c1cccnc1. The zero-order valence-corrected chi connectivity index (χ0v) is 7.72. The third-order valence-corrected chi connectivity index (χ3v) is 2.05. The first-order chi connectivity index (χ1) is 6.92. The first kappa shape index (κ1) is 8.84. The average molecular weight is 185 g/mol. The summed E-state index contributed by atoms with van der Waals surface area (Å²) in [5, 5.41) is 0. The van der Waals surface area contributed by atoms with Crippen molar-refractivity contribution in [3.05, 3.63) is 48.4 Å². The zero-order chi connectivity index (χ0) is 9.80. The fourth-order valence-electron chi connectivity index (χ4n) is 1.37. The summed E-state index contributed by atoms with van der Waals surface area (Å²) in [6, 6.07) is 7.75. The van der Waals surface area contributed by atoms with Crippen LogP contribution < -0.4 is 5.73 Å². The number of hydrogen-bond donors (Lipinski definition) is 1. The molecule has 0 aromatic carbocycles. The largest absolute Gasteiger partial charge is 0.326 e. The van der Waals surface area contributed by atoms with Gasteiger partial charge in [-0.05, 0) is 23.8 Å². The van der Waals surface area contributed by atoms with Crippen LogP contribution in [0.2, 0.25) is 0 Å². The Kier molecular flexibility index (Phi) is 2.51. The van der Waals surface area contributed by atoms with Crippen LogP contribution >= 0.6 is 0 Å². The van der Waals surface area contributed by atoms with Gasteiger partial charge in [0.2, 0.25) is 0 Å². The summed E-state index contributed by atoms with van der Waals surface area (Å²) in [4.78, 5) is 8.36. The standard InChI is InChI=1S/C11H11N3/c12-7-9-3-2-6-14-11(9)10-4-1-5-13-8-10/h1-6,8H,7,12H2. The van der Waals surface area contributed by atoms with Gasteiger partial charge in [0.05, 0.1) is 5.69 Å². The molecule has 0 aliphatic rings. The molecular weight excluding hydrogens is 174 g/mol. The minimum absolute atomic E-state index is 0.498. The van der Waals surface area contributed by atoms with Gasteiger partial charge in [0.1, 0.15) is 0 Å². The summed E-state index contributed by atoms with van der Waals surface area (Å²) in [6.07, 6.45) is 5.30. The van der Waals surface area contributed by atoms with Crippen LogP contribution in [-0.2, 0) is 6.54 Å². The Labute approximate surface area is 82.6 Å². The van der Waals surface area contributed by atoms with Gasteiger partial charge in [-0.2, -0.15) is 0 Å². The van der Waals surface area contributed by atoms with Crippen LogP contribution in [0.4, 0.5) is 0 Å². The predicted octanol–water partition coefficient (Wildman–Crippen LogP) is 1.60. The average Bonchev–Trinajstić information content (AvgIpc) is 2.30. The van der Waals surface area contributed by atoms with Crippen LogP contribution in [0, 0.1) is 0 Å². The molecule has 0 saturated carbocycles. The van der Waals surface area contributed by atoms with Gasteiger partial charge in [-0.1, -0.05) is 6.07 Å². The Morgan fingerprint density at radius 2 is 2.00 bits per heavy atom. The van der Waals surface area contributed by atoms with E-state index in [1.807, 2.05) is 24.3 Å². The molecule has 2 N–H and O–H groups in total. The van der Waals surface area contributed by atoms with Crippen molar-refractivity contribution in [2.24, 2.45) is 5.73 Å². The molecule has 3 nitrogen and oxygen atoms in total. The highest BCUT2D eigenvalue weighted by molar-refractivity contribution is 5.61. The van der Waals surface area contributed by atoms with E-state index in [-0.39, 0.29) is 0 Å². The van der Waals surface area contributed by atoms with Crippen LogP contribution in [0.1, 0.15) is 5.56 Å². The first-order valence-electron chi connectivity index (χ1n) is 4.46. The van der Waals surface area contributed by atoms with Crippen LogP contribution in [0.15, 0.2) is 42.9 Å². The lowest BCUT2D eigenvalue weighted by molar-refractivity contribution is 1.05. The summed E-state index contributed by atoms with van der Waals surface area (Å²) >= 11 is 0. The van der Waals surface area contributed by atoms with Gasteiger partial charge < -0.3 is 5.73 Å². The fourth-order valence-corrected chi connectivity index (χ4v) is 1.37. The number of nitrogens with zero attached hydrogens (tertiary/aromatic N) is 2. The van der Waals surface area contributed by atoms with Gasteiger partial charge in [0.15, 0.2) is 0 Å². The molecule has 0 spiro atoms. The molecule has 2 aromatic heterocycles. The number of aromatic nitrogens is 2. The first-order valence-corrected chi connectivity index (χ1v) is 4.46. The van der Waals surface area contributed by atoms with Crippen molar-refractivity contribution >= 4 is 0 Å². The summed E-state index contributed by atoms with van der Waals surface area (Å²) in [7, 11) is 0. The quantitative estimate of drug-likeness (QED) is 0.773. The highest BCUT2D eigenvalue weighted by Crippen LogP contribution is 2.18. The molecule has 2 rings (SSSR count). The van der Waals surface area contributed by atoms with Gasteiger partial charge in [0.25, 0.3) is 0 Å². The van der Waals surface area contributed by atoms with E-state index in [1.54, 1.807) is 18.6 Å². The van der Waals surface area contributed by atoms with Gasteiger partial charge in [-0.25, -0.2) is 0 Å². The van der Waals surface area contributed by atoms with E-state index in [4.69, 9.17) is 5.73 Å². The van der Waals surface area contributed by atoms with E-state index >= 15 is 0 Å². The fraction of sp³-hybridized carbons (Fsp3) is 0.0909. The van der Waals surface area contributed by atoms with Crippen LogP contribution in [-0.4, -0.2) is 9.97 Å². The Balaban J connectivity index is 2.51. The van der Waals surface area contributed by atoms with Gasteiger partial charge >= 0.3 is 0 Å². The van der Waals surface area contributed by atoms with Crippen molar-refractivity contribution in [3.63, 3.8) is 0 Å². The Morgan fingerprint density at radius 1 is 1.14 bits per heavy atom. The lowest BCUT2D eigenvalue weighted by atomic mass is 10.1. The maximum absolute atomic E-state index is 5.63.